The van der Waals surface area contributed by atoms with E-state index in [-0.39, 0.29) is 36.0 Å². The van der Waals surface area contributed by atoms with Crippen LogP contribution >= 0.6 is 11.3 Å². The summed E-state index contributed by atoms with van der Waals surface area (Å²) in [7, 11) is 1.56. The number of carboxylic acids is 1. The van der Waals surface area contributed by atoms with Gasteiger partial charge >= 0.3 is 11.7 Å². The number of ether oxygens (including phenoxy) is 2. The van der Waals surface area contributed by atoms with Gasteiger partial charge in [0.1, 0.15) is 28.5 Å². The summed E-state index contributed by atoms with van der Waals surface area (Å²) in [5, 5.41) is 10.3. The van der Waals surface area contributed by atoms with Crippen LogP contribution in [-0.2, 0) is 26.4 Å². The average molecular weight is 637 g/mol. The Morgan fingerprint density at radius 2 is 1.87 bits per heavy atom. The third kappa shape index (κ3) is 5.17. The van der Waals surface area contributed by atoms with E-state index in [1.165, 1.54) is 42.2 Å². The van der Waals surface area contributed by atoms with E-state index in [4.69, 9.17) is 13.9 Å². The highest BCUT2D eigenvalue weighted by molar-refractivity contribution is 7.22. The van der Waals surface area contributed by atoms with Crippen LogP contribution in [0.2, 0.25) is 0 Å². The molecule has 238 valence electrons. The van der Waals surface area contributed by atoms with Crippen LogP contribution in [0, 0.1) is 6.92 Å². The first kappa shape index (κ1) is 30.8. The molecule has 2 saturated heterocycles. The molecule has 3 aromatic heterocycles. The fraction of sp³-hybridized carbons (Fsp3) is 0.469. The van der Waals surface area contributed by atoms with Crippen molar-refractivity contribution in [3.8, 4) is 16.5 Å². The zero-order valence-corrected chi connectivity index (χ0v) is 26.6. The molecule has 0 saturated carbocycles. The van der Waals surface area contributed by atoms with Gasteiger partial charge in [0.2, 0.25) is 11.8 Å². The molecule has 0 radical (unpaired) electrons. The lowest BCUT2D eigenvalue weighted by Gasteiger charge is -2.39. The number of rotatable bonds is 9. The first-order valence-corrected chi connectivity index (χ1v) is 15.8. The Morgan fingerprint density at radius 1 is 1.18 bits per heavy atom. The number of carbonyl (C=O) groups excluding carboxylic acids is 1. The molecule has 1 aromatic carbocycles. The molecule has 1 amide bonds. The monoisotopic (exact) mass is 636 g/mol. The fourth-order valence-electron chi connectivity index (χ4n) is 6.93. The Hall–Kier alpha value is -4.23. The largest absolute Gasteiger partial charge is 0.496 e. The Labute approximate surface area is 262 Å². The number of aromatic nitrogens is 3. The number of hydrogen-bond donors (Lipinski definition) is 1. The van der Waals surface area contributed by atoms with Gasteiger partial charge in [-0.1, -0.05) is 18.2 Å². The van der Waals surface area contributed by atoms with Gasteiger partial charge in [-0.2, -0.15) is 0 Å². The molecular formula is C32H36N4O8S. The number of nitrogens with zero attached hydrogens (tertiary/aromatic N) is 4. The molecule has 1 N–H and O–H groups in total. The Kier molecular flexibility index (Phi) is 7.94. The first-order valence-electron chi connectivity index (χ1n) is 14.9. The highest BCUT2D eigenvalue weighted by Gasteiger charge is 2.43. The molecule has 2 aliphatic heterocycles. The molecule has 12 nitrogen and oxygen atoms in total. The predicted octanol–water partition coefficient (Wildman–Crippen LogP) is 4.32. The minimum atomic E-state index is -1.85. The van der Waals surface area contributed by atoms with Crippen molar-refractivity contribution in [1.29, 1.82) is 0 Å². The van der Waals surface area contributed by atoms with Gasteiger partial charge in [-0.3, -0.25) is 14.2 Å². The number of piperidine rings is 1. The number of fused-ring (bicyclic) bond motifs is 3. The van der Waals surface area contributed by atoms with E-state index >= 15 is 0 Å². The summed E-state index contributed by atoms with van der Waals surface area (Å²) in [6, 6.07) is 7.56. The van der Waals surface area contributed by atoms with Crippen LogP contribution in [0.4, 0.5) is 0 Å². The number of oxazole rings is 1. The van der Waals surface area contributed by atoms with Gasteiger partial charge in [0.25, 0.3) is 5.56 Å². The van der Waals surface area contributed by atoms with Gasteiger partial charge in [-0.25, -0.2) is 19.1 Å². The van der Waals surface area contributed by atoms with E-state index in [1.807, 2.05) is 29.2 Å². The van der Waals surface area contributed by atoms with Crippen LogP contribution in [0.15, 0.2) is 50.7 Å². The topological polar surface area (TPSA) is 146 Å². The summed E-state index contributed by atoms with van der Waals surface area (Å²) in [4.78, 5) is 60.1. The summed E-state index contributed by atoms with van der Waals surface area (Å²) in [6.45, 7) is 5.97. The maximum atomic E-state index is 14.3. The molecule has 3 atom stereocenters. The number of hydrogen-bond acceptors (Lipinski definition) is 9. The number of aryl methyl sites for hydroxylation is 1. The lowest BCUT2D eigenvalue weighted by molar-refractivity contribution is -0.146. The predicted molar refractivity (Wildman–Crippen MR) is 167 cm³/mol. The summed E-state index contributed by atoms with van der Waals surface area (Å²) >= 11 is 1.19. The molecule has 2 bridgehead atoms. The Bertz CT molecular complexity index is 1880. The van der Waals surface area contributed by atoms with Crippen LogP contribution in [-0.4, -0.2) is 61.3 Å². The van der Waals surface area contributed by atoms with Crippen LogP contribution in [0.5, 0.6) is 5.75 Å². The minimum Gasteiger partial charge on any atom is -0.496 e. The summed E-state index contributed by atoms with van der Waals surface area (Å²) < 4.78 is 20.3. The van der Waals surface area contributed by atoms with E-state index < -0.39 is 28.9 Å². The molecule has 13 heteroatoms. The fourth-order valence-corrected chi connectivity index (χ4v) is 8.18. The summed E-state index contributed by atoms with van der Waals surface area (Å²) in [5.74, 6) is -0.396. The number of thiophene rings is 1. The van der Waals surface area contributed by atoms with Crippen molar-refractivity contribution in [3.05, 3.63) is 68.7 Å². The van der Waals surface area contributed by atoms with Gasteiger partial charge in [0.05, 0.1) is 36.2 Å². The molecule has 2 aliphatic rings. The van der Waals surface area contributed by atoms with Crippen molar-refractivity contribution in [2.45, 2.75) is 89.8 Å². The third-order valence-corrected chi connectivity index (χ3v) is 10.5. The van der Waals surface area contributed by atoms with E-state index in [0.717, 1.165) is 17.4 Å². The Balaban J connectivity index is 1.52. The van der Waals surface area contributed by atoms with Crippen molar-refractivity contribution < 1.29 is 28.6 Å². The van der Waals surface area contributed by atoms with Crippen molar-refractivity contribution in [1.82, 2.24) is 19.0 Å². The van der Waals surface area contributed by atoms with Crippen LogP contribution in [0.25, 0.3) is 21.0 Å². The number of carboxylic acid groups (broad SMARTS) is 1. The van der Waals surface area contributed by atoms with Crippen molar-refractivity contribution in [2.75, 3.05) is 7.11 Å². The SMILES string of the molecule is COc1ccccc1C(Cn1c(=O)n(C(C)(C)C(=O)O)c(=O)c2c(C)c(-c3ncco3)sc21)OC1CC2CCC(C1)N2C(C)=O. The second-order valence-corrected chi connectivity index (χ2v) is 13.2. The molecule has 45 heavy (non-hydrogen) atoms. The van der Waals surface area contributed by atoms with E-state index in [0.29, 0.717) is 45.3 Å². The van der Waals surface area contributed by atoms with E-state index in [9.17, 15) is 24.3 Å². The number of para-hydroxylation sites is 1. The van der Waals surface area contributed by atoms with Crippen LogP contribution in [0.1, 0.15) is 63.7 Å². The van der Waals surface area contributed by atoms with E-state index in [1.54, 1.807) is 21.0 Å². The van der Waals surface area contributed by atoms with Gasteiger partial charge in [-0.05, 0) is 58.1 Å². The van der Waals surface area contributed by atoms with Crippen LogP contribution in [0.3, 0.4) is 0 Å². The summed E-state index contributed by atoms with van der Waals surface area (Å²) in [5.41, 5.74) is -2.07. The smallest absolute Gasteiger partial charge is 0.333 e. The standard InChI is InChI=1S/C32H36N4O8S/c1-17-25-28(38)36(32(3,4)30(39)40)31(41)34(29(25)45-26(17)27-33-12-13-43-27)16-24(22-8-6-7-9-23(22)42-5)44-21-14-19-10-11-20(15-21)35(19)18(2)37/h6-9,12-13,19-21,24H,10-11,14-16H2,1-5H3,(H,39,40). The second-order valence-electron chi connectivity index (χ2n) is 12.2. The van der Waals surface area contributed by atoms with Crippen molar-refractivity contribution in [3.63, 3.8) is 0 Å². The number of benzene rings is 1. The molecule has 3 unspecified atom stereocenters. The lowest BCUT2D eigenvalue weighted by Crippen LogP contribution is -2.53. The number of amides is 1. The molecule has 6 rings (SSSR count). The van der Waals surface area contributed by atoms with Gasteiger partial charge in [0.15, 0.2) is 0 Å². The highest BCUT2D eigenvalue weighted by atomic mass is 32.1. The van der Waals surface area contributed by atoms with E-state index in [2.05, 4.69) is 4.98 Å². The molecule has 2 fully saturated rings. The van der Waals surface area contributed by atoms with Crippen LogP contribution < -0.4 is 16.0 Å². The number of aliphatic carboxylic acids is 1. The second kappa shape index (κ2) is 11.6. The molecule has 0 spiro atoms. The molecular weight excluding hydrogens is 600 g/mol. The normalized spacial score (nSPS) is 20.5. The number of methoxy groups -OCH3 is 1. The van der Waals surface area contributed by atoms with Gasteiger partial charge in [-0.15, -0.1) is 11.3 Å². The minimum absolute atomic E-state index is 0.0289. The quantitative estimate of drug-likeness (QED) is 0.284. The maximum Gasteiger partial charge on any atom is 0.333 e. The molecule has 4 aromatic rings. The molecule has 0 aliphatic carbocycles. The Morgan fingerprint density at radius 3 is 2.47 bits per heavy atom. The third-order valence-electron chi connectivity index (χ3n) is 9.17. The lowest BCUT2D eigenvalue weighted by atomic mass is 9.98. The van der Waals surface area contributed by atoms with Crippen molar-refractivity contribution in [2.24, 2.45) is 0 Å². The zero-order chi connectivity index (χ0) is 32.2. The average Bonchev–Trinajstić information content (AvgIpc) is 3.71. The first-order chi connectivity index (χ1) is 21.4. The van der Waals surface area contributed by atoms with Gasteiger partial charge < -0.3 is 23.9 Å². The van der Waals surface area contributed by atoms with Gasteiger partial charge in [0, 0.05) is 24.6 Å². The zero-order valence-electron chi connectivity index (χ0n) is 25.8. The number of carbonyl (C=O) groups is 2. The van der Waals surface area contributed by atoms with Crippen molar-refractivity contribution >= 4 is 33.4 Å². The highest BCUT2D eigenvalue weighted by Crippen LogP contribution is 2.41. The maximum absolute atomic E-state index is 14.3. The molecule has 5 heterocycles. The summed E-state index contributed by atoms with van der Waals surface area (Å²) in [6.07, 6.45) is 5.15.